The summed E-state index contributed by atoms with van der Waals surface area (Å²) in [4.78, 5) is 21.2. The van der Waals surface area contributed by atoms with Gasteiger partial charge in [0, 0.05) is 5.92 Å². The minimum Gasteiger partial charge on any atom is -0.477 e. The van der Waals surface area contributed by atoms with E-state index in [0.29, 0.717) is 12.8 Å². The number of aliphatic carboxylic acids is 1. The van der Waals surface area contributed by atoms with Crippen molar-refractivity contribution in [3.8, 4) is 0 Å². The van der Waals surface area contributed by atoms with Gasteiger partial charge in [0.15, 0.2) is 0 Å². The number of carbonyl (C=O) groups is 2. The standard InChI is InChI=1S/C11H10F4O4/c12-10(13,8(16)17)11(14,15)9(18)19-7-4-5-1-2-6(7)3-5/h1-2,5-7H,3-4H2,(H,16,17). The SMILES string of the molecule is O=C(O)C(F)(F)C(F)(F)C(=O)OC1CC2C=CC1C2. The summed E-state index contributed by atoms with van der Waals surface area (Å²) in [7, 11) is 0. The van der Waals surface area contributed by atoms with Crippen LogP contribution in [0.2, 0.25) is 0 Å². The molecule has 0 saturated heterocycles. The van der Waals surface area contributed by atoms with E-state index in [2.05, 4.69) is 4.74 Å². The highest BCUT2D eigenvalue weighted by molar-refractivity contribution is 5.89. The number of carboxylic acid groups (broad SMARTS) is 1. The minimum atomic E-state index is -5.49. The van der Waals surface area contributed by atoms with E-state index in [1.165, 1.54) is 0 Å². The molecule has 4 nitrogen and oxygen atoms in total. The van der Waals surface area contributed by atoms with Crippen molar-refractivity contribution in [2.75, 3.05) is 0 Å². The van der Waals surface area contributed by atoms with Crippen molar-refractivity contribution in [3.05, 3.63) is 12.2 Å². The quantitative estimate of drug-likeness (QED) is 0.485. The van der Waals surface area contributed by atoms with E-state index in [9.17, 15) is 27.2 Å². The van der Waals surface area contributed by atoms with E-state index in [4.69, 9.17) is 5.11 Å². The molecule has 0 aromatic heterocycles. The summed E-state index contributed by atoms with van der Waals surface area (Å²) in [5.41, 5.74) is 0. The number of carboxylic acids is 1. The summed E-state index contributed by atoms with van der Waals surface area (Å²) in [6.07, 6.45) is 3.55. The van der Waals surface area contributed by atoms with E-state index in [1.54, 1.807) is 6.08 Å². The van der Waals surface area contributed by atoms with Crippen molar-refractivity contribution in [1.29, 1.82) is 0 Å². The van der Waals surface area contributed by atoms with Gasteiger partial charge in [-0.2, -0.15) is 17.6 Å². The molecule has 0 aliphatic heterocycles. The molecule has 106 valence electrons. The summed E-state index contributed by atoms with van der Waals surface area (Å²) in [5, 5.41) is 8.04. The first-order valence-corrected chi connectivity index (χ1v) is 5.54. The summed E-state index contributed by atoms with van der Waals surface area (Å²) in [5.74, 6) is -16.6. The molecule has 0 heterocycles. The lowest BCUT2D eigenvalue weighted by Crippen LogP contribution is -2.53. The highest BCUT2D eigenvalue weighted by Crippen LogP contribution is 2.42. The minimum absolute atomic E-state index is 0.0939. The Morgan fingerprint density at radius 2 is 1.74 bits per heavy atom. The second-order valence-electron chi connectivity index (χ2n) is 4.68. The maximum atomic E-state index is 13.1. The van der Waals surface area contributed by atoms with Crippen LogP contribution in [0.5, 0.6) is 0 Å². The molecule has 3 atom stereocenters. The van der Waals surface area contributed by atoms with Crippen LogP contribution in [0.3, 0.4) is 0 Å². The summed E-state index contributed by atoms with van der Waals surface area (Å²) in [6, 6.07) is 0. The number of alkyl halides is 4. The Morgan fingerprint density at radius 3 is 2.16 bits per heavy atom. The predicted molar refractivity (Wildman–Crippen MR) is 52.8 cm³/mol. The predicted octanol–water partition coefficient (Wildman–Crippen LogP) is 1.85. The lowest BCUT2D eigenvalue weighted by Gasteiger charge is -2.25. The van der Waals surface area contributed by atoms with Crippen molar-refractivity contribution in [2.45, 2.75) is 30.8 Å². The van der Waals surface area contributed by atoms with E-state index < -0.39 is 29.9 Å². The molecule has 2 bridgehead atoms. The van der Waals surface area contributed by atoms with Gasteiger partial charge in [-0.25, -0.2) is 9.59 Å². The zero-order chi connectivity index (χ0) is 14.4. The zero-order valence-corrected chi connectivity index (χ0v) is 9.48. The van der Waals surface area contributed by atoms with E-state index in [0.717, 1.165) is 0 Å². The first-order chi connectivity index (χ1) is 8.66. The molecule has 3 unspecified atom stereocenters. The normalized spacial score (nSPS) is 29.6. The molecule has 1 N–H and O–H groups in total. The Morgan fingerprint density at radius 1 is 1.11 bits per heavy atom. The second kappa shape index (κ2) is 4.21. The van der Waals surface area contributed by atoms with Crippen LogP contribution >= 0.6 is 0 Å². The first kappa shape index (κ1) is 13.8. The van der Waals surface area contributed by atoms with Gasteiger partial charge in [0.2, 0.25) is 0 Å². The molecule has 0 aromatic carbocycles. The van der Waals surface area contributed by atoms with Crippen LogP contribution in [-0.4, -0.2) is 35.0 Å². The van der Waals surface area contributed by atoms with Crippen LogP contribution in [0.1, 0.15) is 12.8 Å². The van der Waals surface area contributed by atoms with Crippen molar-refractivity contribution < 1.29 is 37.0 Å². The molecule has 2 aliphatic rings. The number of halogens is 4. The number of rotatable bonds is 4. The Kier molecular flexibility index (Phi) is 3.06. The van der Waals surface area contributed by atoms with Crippen molar-refractivity contribution in [2.24, 2.45) is 11.8 Å². The third-order valence-corrected chi connectivity index (χ3v) is 3.40. The number of allylic oxidation sites excluding steroid dienone is 1. The number of esters is 1. The van der Waals surface area contributed by atoms with E-state index in [1.807, 2.05) is 6.08 Å². The van der Waals surface area contributed by atoms with Gasteiger partial charge in [0.05, 0.1) is 0 Å². The number of carbonyl (C=O) groups excluding carboxylic acids is 1. The maximum Gasteiger partial charge on any atom is 0.415 e. The van der Waals surface area contributed by atoms with Crippen LogP contribution < -0.4 is 0 Å². The number of ether oxygens (including phenoxy) is 1. The van der Waals surface area contributed by atoms with Crippen LogP contribution in [-0.2, 0) is 14.3 Å². The molecule has 8 heteroatoms. The van der Waals surface area contributed by atoms with Gasteiger partial charge >= 0.3 is 23.8 Å². The molecular formula is C11H10F4O4. The highest BCUT2D eigenvalue weighted by Gasteiger charge is 2.69. The third-order valence-electron chi connectivity index (χ3n) is 3.40. The molecule has 19 heavy (non-hydrogen) atoms. The third kappa shape index (κ3) is 2.08. The average Bonchev–Trinajstić information content (AvgIpc) is 2.90. The van der Waals surface area contributed by atoms with Gasteiger partial charge in [-0.1, -0.05) is 12.2 Å². The van der Waals surface area contributed by atoms with Gasteiger partial charge in [0.1, 0.15) is 6.10 Å². The maximum absolute atomic E-state index is 13.1. The molecule has 0 amide bonds. The van der Waals surface area contributed by atoms with Crippen molar-refractivity contribution in [3.63, 3.8) is 0 Å². The fourth-order valence-electron chi connectivity index (χ4n) is 2.34. The molecule has 0 aromatic rings. The molecule has 1 saturated carbocycles. The van der Waals surface area contributed by atoms with Crippen LogP contribution in [0, 0.1) is 11.8 Å². The van der Waals surface area contributed by atoms with Crippen molar-refractivity contribution >= 4 is 11.9 Å². The highest BCUT2D eigenvalue weighted by atomic mass is 19.3. The Hall–Kier alpha value is -1.60. The van der Waals surface area contributed by atoms with E-state index >= 15 is 0 Å². The topological polar surface area (TPSA) is 63.6 Å². The van der Waals surface area contributed by atoms with Gasteiger partial charge in [-0.15, -0.1) is 0 Å². The monoisotopic (exact) mass is 282 g/mol. The fourth-order valence-corrected chi connectivity index (χ4v) is 2.34. The lowest BCUT2D eigenvalue weighted by atomic mass is 10.0. The van der Waals surface area contributed by atoms with Crippen LogP contribution in [0.4, 0.5) is 17.6 Å². The van der Waals surface area contributed by atoms with Gasteiger partial charge < -0.3 is 9.84 Å². The molecule has 0 spiro atoms. The number of fused-ring (bicyclic) bond motifs is 2. The molecular weight excluding hydrogens is 272 g/mol. The lowest BCUT2D eigenvalue weighted by molar-refractivity contribution is -0.237. The van der Waals surface area contributed by atoms with Gasteiger partial charge in [-0.05, 0) is 18.8 Å². The molecule has 2 aliphatic carbocycles. The number of hydrogen-bond donors (Lipinski definition) is 1. The average molecular weight is 282 g/mol. The zero-order valence-electron chi connectivity index (χ0n) is 9.48. The molecule has 0 radical (unpaired) electrons. The Labute approximate surface area is 105 Å². The number of hydrogen-bond acceptors (Lipinski definition) is 3. The Bertz CT molecular complexity index is 446. The van der Waals surface area contributed by atoms with Crippen molar-refractivity contribution in [1.82, 2.24) is 0 Å². The van der Waals surface area contributed by atoms with Gasteiger partial charge in [-0.3, -0.25) is 0 Å². The van der Waals surface area contributed by atoms with Gasteiger partial charge in [0.25, 0.3) is 0 Å². The largest absolute Gasteiger partial charge is 0.477 e. The fraction of sp³-hybridized carbons (Fsp3) is 0.636. The molecule has 1 fully saturated rings. The second-order valence-corrected chi connectivity index (χ2v) is 4.68. The smallest absolute Gasteiger partial charge is 0.415 e. The van der Waals surface area contributed by atoms with Crippen LogP contribution in [0.15, 0.2) is 12.2 Å². The van der Waals surface area contributed by atoms with Crippen LogP contribution in [0.25, 0.3) is 0 Å². The summed E-state index contributed by atoms with van der Waals surface area (Å²) in [6.45, 7) is 0. The Balaban J connectivity index is 2.07. The first-order valence-electron chi connectivity index (χ1n) is 5.54. The summed E-state index contributed by atoms with van der Waals surface area (Å²) >= 11 is 0. The van der Waals surface area contributed by atoms with E-state index in [-0.39, 0.29) is 11.8 Å². The molecule has 2 rings (SSSR count). The summed E-state index contributed by atoms with van der Waals surface area (Å²) < 4.78 is 56.1.